The number of halogens is 2. The molecule has 0 bridgehead atoms. The van der Waals surface area contributed by atoms with Crippen LogP contribution in [0.4, 0.5) is 16.2 Å². The van der Waals surface area contributed by atoms with E-state index in [-0.39, 0.29) is 0 Å². The zero-order valence-electron chi connectivity index (χ0n) is 15.2. The molecule has 2 aromatic carbocycles. The highest BCUT2D eigenvalue weighted by Gasteiger charge is 2.12. The first kappa shape index (κ1) is 19.0. The first-order valence-corrected chi connectivity index (χ1v) is 9.32. The number of aryl methyl sites for hydroxylation is 1. The van der Waals surface area contributed by atoms with Crippen LogP contribution in [-0.2, 0) is 7.05 Å². The van der Waals surface area contributed by atoms with Crippen molar-refractivity contribution in [1.29, 1.82) is 0 Å². The van der Waals surface area contributed by atoms with Gasteiger partial charge in [-0.05, 0) is 36.4 Å². The molecule has 0 saturated carbocycles. The Hall–Kier alpha value is -3.29. The Kier molecular flexibility index (Phi) is 5.24. The number of nitrogens with zero attached hydrogens (tertiary/aromatic N) is 3. The van der Waals surface area contributed by atoms with Gasteiger partial charge in [0.25, 0.3) is 0 Å². The normalized spacial score (nSPS) is 10.7. The molecule has 0 fully saturated rings. The number of anilines is 2. The summed E-state index contributed by atoms with van der Waals surface area (Å²) >= 11 is 12.2. The van der Waals surface area contributed by atoms with Gasteiger partial charge in [0.05, 0.1) is 16.2 Å². The van der Waals surface area contributed by atoms with Crippen molar-refractivity contribution in [2.75, 3.05) is 10.6 Å². The minimum Gasteiger partial charge on any atom is -0.437 e. The number of carbonyl (C=O) groups excluding carboxylic acids is 1. The van der Waals surface area contributed by atoms with Gasteiger partial charge in [0.2, 0.25) is 5.88 Å². The van der Waals surface area contributed by atoms with Crippen molar-refractivity contribution in [3.8, 4) is 11.6 Å². The molecular formula is C20H15Cl2N5O2. The summed E-state index contributed by atoms with van der Waals surface area (Å²) in [5.74, 6) is 0.898. The molecule has 0 spiro atoms. The zero-order chi connectivity index (χ0) is 20.4. The number of urea groups is 1. The van der Waals surface area contributed by atoms with Crippen molar-refractivity contribution in [3.05, 3.63) is 71.1 Å². The summed E-state index contributed by atoms with van der Waals surface area (Å²) in [7, 11) is 1.89. The van der Waals surface area contributed by atoms with Crippen molar-refractivity contribution < 1.29 is 9.53 Å². The molecule has 2 heterocycles. The number of carbonyl (C=O) groups is 1. The summed E-state index contributed by atoms with van der Waals surface area (Å²) in [6, 6.07) is 13.2. The molecule has 2 amide bonds. The molecule has 0 aliphatic heterocycles. The standard InChI is InChI=1S/C20H15Cl2N5O2/c1-27-8-7-17-18(27)19(24-11-23-17)29-14-5-6-16(15(22)10-14)26-20(28)25-13-4-2-3-12(21)9-13/h2-11H,1H3,(H2,25,26,28). The fourth-order valence-electron chi connectivity index (χ4n) is 2.78. The molecule has 0 aliphatic carbocycles. The average Bonchev–Trinajstić information content (AvgIpc) is 3.06. The third kappa shape index (κ3) is 4.26. The summed E-state index contributed by atoms with van der Waals surface area (Å²) in [4.78, 5) is 20.6. The van der Waals surface area contributed by atoms with Crippen molar-refractivity contribution in [2.45, 2.75) is 0 Å². The number of ether oxygens (including phenoxy) is 1. The largest absolute Gasteiger partial charge is 0.437 e. The van der Waals surface area contributed by atoms with Crippen molar-refractivity contribution in [1.82, 2.24) is 14.5 Å². The highest BCUT2D eigenvalue weighted by atomic mass is 35.5. The van der Waals surface area contributed by atoms with Crippen LogP contribution >= 0.6 is 23.2 Å². The zero-order valence-corrected chi connectivity index (χ0v) is 16.7. The van der Waals surface area contributed by atoms with E-state index >= 15 is 0 Å². The maximum atomic E-state index is 12.2. The van der Waals surface area contributed by atoms with E-state index in [4.69, 9.17) is 27.9 Å². The SMILES string of the molecule is Cn1ccc2ncnc(Oc3ccc(NC(=O)Nc4cccc(Cl)c4)c(Cl)c3)c21. The van der Waals surface area contributed by atoms with Gasteiger partial charge in [0, 0.05) is 30.0 Å². The molecule has 0 unspecified atom stereocenters. The summed E-state index contributed by atoms with van der Waals surface area (Å²) in [6.07, 6.45) is 3.32. The molecule has 4 aromatic rings. The molecule has 0 aliphatic rings. The van der Waals surface area contributed by atoms with Crippen LogP contribution in [0, 0.1) is 0 Å². The molecule has 7 nitrogen and oxygen atoms in total. The topological polar surface area (TPSA) is 81.1 Å². The number of rotatable bonds is 4. The maximum Gasteiger partial charge on any atom is 0.323 e. The van der Waals surface area contributed by atoms with Crippen molar-refractivity contribution in [3.63, 3.8) is 0 Å². The van der Waals surface area contributed by atoms with Crippen LogP contribution in [0.25, 0.3) is 11.0 Å². The lowest BCUT2D eigenvalue weighted by Gasteiger charge is -2.11. The van der Waals surface area contributed by atoms with Crippen LogP contribution in [0.15, 0.2) is 61.1 Å². The molecule has 0 atom stereocenters. The Morgan fingerprint density at radius 3 is 2.72 bits per heavy atom. The van der Waals surface area contributed by atoms with E-state index in [1.165, 1.54) is 6.33 Å². The van der Waals surface area contributed by atoms with Gasteiger partial charge in [0.1, 0.15) is 17.6 Å². The van der Waals surface area contributed by atoms with Gasteiger partial charge < -0.3 is 19.9 Å². The Bertz CT molecular complexity index is 1210. The van der Waals surface area contributed by atoms with Crippen LogP contribution in [0.1, 0.15) is 0 Å². The Balaban J connectivity index is 1.49. The number of nitrogens with one attached hydrogen (secondary N) is 2. The lowest BCUT2D eigenvalue weighted by molar-refractivity contribution is 0.262. The quantitative estimate of drug-likeness (QED) is 0.436. The third-order valence-electron chi connectivity index (χ3n) is 4.11. The maximum absolute atomic E-state index is 12.2. The molecule has 2 N–H and O–H groups in total. The second-order valence-corrected chi connectivity index (χ2v) is 7.02. The van der Waals surface area contributed by atoms with E-state index in [1.54, 1.807) is 42.5 Å². The lowest BCUT2D eigenvalue weighted by atomic mass is 10.3. The van der Waals surface area contributed by atoms with Crippen LogP contribution < -0.4 is 15.4 Å². The molecule has 29 heavy (non-hydrogen) atoms. The molecule has 146 valence electrons. The monoisotopic (exact) mass is 427 g/mol. The number of hydrogen-bond acceptors (Lipinski definition) is 4. The van der Waals surface area contributed by atoms with E-state index in [9.17, 15) is 4.79 Å². The van der Waals surface area contributed by atoms with Crippen LogP contribution in [-0.4, -0.2) is 20.6 Å². The Labute approximate surface area is 176 Å². The van der Waals surface area contributed by atoms with Gasteiger partial charge in [-0.15, -0.1) is 0 Å². The predicted molar refractivity (Wildman–Crippen MR) is 114 cm³/mol. The first-order valence-electron chi connectivity index (χ1n) is 8.56. The first-order chi connectivity index (χ1) is 14.0. The van der Waals surface area contributed by atoms with Gasteiger partial charge in [-0.1, -0.05) is 29.3 Å². The molecule has 2 aromatic heterocycles. The summed E-state index contributed by atoms with van der Waals surface area (Å²) in [6.45, 7) is 0. The number of aromatic nitrogens is 3. The highest BCUT2D eigenvalue weighted by Crippen LogP contribution is 2.31. The fourth-order valence-corrected chi connectivity index (χ4v) is 3.19. The molecular weight excluding hydrogens is 413 g/mol. The molecule has 0 radical (unpaired) electrons. The van der Waals surface area contributed by atoms with Gasteiger partial charge in [-0.2, -0.15) is 4.98 Å². The highest BCUT2D eigenvalue weighted by molar-refractivity contribution is 6.34. The van der Waals surface area contributed by atoms with E-state index in [0.29, 0.717) is 33.0 Å². The number of benzene rings is 2. The minimum atomic E-state index is -0.441. The molecule has 9 heteroatoms. The Morgan fingerprint density at radius 1 is 1.07 bits per heavy atom. The number of amides is 2. The number of hydrogen-bond donors (Lipinski definition) is 2. The van der Waals surface area contributed by atoms with Crippen LogP contribution in [0.3, 0.4) is 0 Å². The summed E-state index contributed by atoms with van der Waals surface area (Å²) in [5.41, 5.74) is 2.55. The van der Waals surface area contributed by atoms with Gasteiger partial charge in [-0.25, -0.2) is 9.78 Å². The second-order valence-electron chi connectivity index (χ2n) is 6.17. The smallest absolute Gasteiger partial charge is 0.323 e. The lowest BCUT2D eigenvalue weighted by Crippen LogP contribution is -2.19. The molecule has 4 rings (SSSR count). The van der Waals surface area contributed by atoms with Gasteiger partial charge in [-0.3, -0.25) is 0 Å². The van der Waals surface area contributed by atoms with E-state index < -0.39 is 6.03 Å². The van der Waals surface area contributed by atoms with Gasteiger partial charge >= 0.3 is 6.03 Å². The van der Waals surface area contributed by atoms with Gasteiger partial charge in [0.15, 0.2) is 0 Å². The second kappa shape index (κ2) is 7.98. The Morgan fingerprint density at radius 2 is 1.93 bits per heavy atom. The minimum absolute atomic E-state index is 0.320. The van der Waals surface area contributed by atoms with Crippen LogP contribution in [0.2, 0.25) is 10.0 Å². The van der Waals surface area contributed by atoms with Crippen LogP contribution in [0.5, 0.6) is 11.6 Å². The predicted octanol–water partition coefficient (Wildman–Crippen LogP) is 5.71. The van der Waals surface area contributed by atoms with Crippen molar-refractivity contribution in [2.24, 2.45) is 7.05 Å². The fraction of sp³-hybridized carbons (Fsp3) is 0.0500. The van der Waals surface area contributed by atoms with Crippen molar-refractivity contribution >= 4 is 51.6 Å². The van der Waals surface area contributed by atoms with E-state index in [1.807, 2.05) is 23.9 Å². The summed E-state index contributed by atoms with van der Waals surface area (Å²) < 4.78 is 7.76. The van der Waals surface area contributed by atoms with E-state index in [2.05, 4.69) is 20.6 Å². The third-order valence-corrected chi connectivity index (χ3v) is 4.66. The number of fused-ring (bicyclic) bond motifs is 1. The summed E-state index contributed by atoms with van der Waals surface area (Å²) in [5, 5.41) is 6.23. The van der Waals surface area contributed by atoms with E-state index in [0.717, 1.165) is 11.0 Å². The average molecular weight is 428 g/mol. The molecule has 0 saturated heterocycles.